The largest absolute Gasteiger partial charge is 0.748 e. The van der Waals surface area contributed by atoms with Gasteiger partial charge < -0.3 is 25.2 Å². The summed E-state index contributed by atoms with van der Waals surface area (Å²) in [6.07, 6.45) is 6.52. The molecule has 4 saturated carbocycles. The van der Waals surface area contributed by atoms with Crippen LogP contribution in [0.5, 0.6) is 0 Å². The smallest absolute Gasteiger partial charge is 0.220 e. The maximum absolute atomic E-state index is 12.3. The van der Waals surface area contributed by atoms with Crippen LogP contribution in [0.3, 0.4) is 0 Å². The third-order valence-corrected chi connectivity index (χ3v) is 11.8. The normalized spacial score (nSPS) is 46.3. The number of carbonyl (C=O) groups excluding carboxylic acids is 1. The van der Waals surface area contributed by atoms with Crippen LogP contribution in [0.25, 0.3) is 0 Å². The molecular formula is C26H44NO7S-. The first-order chi connectivity index (χ1) is 16.2. The summed E-state index contributed by atoms with van der Waals surface area (Å²) in [6, 6.07) is 0. The second kappa shape index (κ2) is 9.53. The summed E-state index contributed by atoms with van der Waals surface area (Å²) < 4.78 is 32.2. The van der Waals surface area contributed by atoms with Crippen LogP contribution in [-0.2, 0) is 14.9 Å². The van der Waals surface area contributed by atoms with E-state index in [1.165, 1.54) is 0 Å². The molecule has 0 radical (unpaired) electrons. The highest BCUT2D eigenvalue weighted by Crippen LogP contribution is 2.69. The van der Waals surface area contributed by atoms with Gasteiger partial charge in [0.2, 0.25) is 5.91 Å². The van der Waals surface area contributed by atoms with E-state index in [1.54, 1.807) is 0 Å². The molecule has 10 atom stereocenters. The second-order valence-electron chi connectivity index (χ2n) is 12.7. The molecule has 0 aliphatic heterocycles. The van der Waals surface area contributed by atoms with Crippen LogP contribution in [-0.4, -0.2) is 64.3 Å². The minimum atomic E-state index is -4.35. The maximum Gasteiger partial charge on any atom is 0.220 e. The molecule has 1 amide bonds. The lowest BCUT2D eigenvalue weighted by atomic mass is 9.42. The summed E-state index contributed by atoms with van der Waals surface area (Å²) >= 11 is 0. The lowest BCUT2D eigenvalue weighted by Crippen LogP contribution is -2.67. The number of nitrogens with one attached hydrogen (secondary N) is 1. The van der Waals surface area contributed by atoms with Crippen LogP contribution in [0, 0.1) is 40.4 Å². The Bertz CT molecular complexity index is 911. The van der Waals surface area contributed by atoms with Crippen molar-refractivity contribution in [3.8, 4) is 0 Å². The van der Waals surface area contributed by atoms with Crippen molar-refractivity contribution in [1.29, 1.82) is 0 Å². The average molecular weight is 515 g/mol. The zero-order valence-electron chi connectivity index (χ0n) is 21.4. The van der Waals surface area contributed by atoms with Crippen molar-refractivity contribution in [3.63, 3.8) is 0 Å². The number of aliphatic hydroxyl groups excluding tert-OH is 2. The molecule has 0 spiro atoms. The van der Waals surface area contributed by atoms with Crippen LogP contribution in [0.2, 0.25) is 0 Å². The van der Waals surface area contributed by atoms with Crippen LogP contribution in [0.4, 0.5) is 0 Å². The van der Waals surface area contributed by atoms with Crippen LogP contribution < -0.4 is 5.32 Å². The van der Waals surface area contributed by atoms with Gasteiger partial charge in [0.05, 0.1) is 33.7 Å². The highest BCUT2D eigenvalue weighted by molar-refractivity contribution is 7.85. The summed E-state index contributed by atoms with van der Waals surface area (Å²) in [5.41, 5.74) is -1.29. The van der Waals surface area contributed by atoms with E-state index in [0.717, 1.165) is 44.9 Å². The van der Waals surface area contributed by atoms with Gasteiger partial charge in [0.1, 0.15) is 0 Å². The predicted molar refractivity (Wildman–Crippen MR) is 130 cm³/mol. The lowest BCUT2D eigenvalue weighted by molar-refractivity contribution is -0.254. The van der Waals surface area contributed by atoms with Crippen LogP contribution in [0.15, 0.2) is 0 Å². The molecule has 4 N–H and O–H groups in total. The molecule has 0 bridgehead atoms. The monoisotopic (exact) mass is 514 g/mol. The molecule has 0 unspecified atom stereocenters. The first-order valence-electron chi connectivity index (χ1n) is 13.5. The predicted octanol–water partition coefficient (Wildman–Crippen LogP) is 2.17. The Morgan fingerprint density at radius 3 is 2.49 bits per heavy atom. The Morgan fingerprint density at radius 2 is 1.80 bits per heavy atom. The van der Waals surface area contributed by atoms with E-state index in [-0.39, 0.29) is 54.1 Å². The van der Waals surface area contributed by atoms with Crippen LogP contribution in [0.1, 0.15) is 85.0 Å². The zero-order valence-corrected chi connectivity index (χ0v) is 22.2. The van der Waals surface area contributed by atoms with Crippen molar-refractivity contribution >= 4 is 16.0 Å². The Kier molecular flexibility index (Phi) is 7.43. The lowest BCUT2D eigenvalue weighted by Gasteiger charge is -2.65. The molecule has 35 heavy (non-hydrogen) atoms. The van der Waals surface area contributed by atoms with Gasteiger partial charge in [-0.3, -0.25) is 4.79 Å². The molecule has 0 aromatic heterocycles. The number of rotatable bonds is 7. The number of amides is 1. The minimum Gasteiger partial charge on any atom is -0.748 e. The van der Waals surface area contributed by atoms with Crippen molar-refractivity contribution in [3.05, 3.63) is 0 Å². The van der Waals surface area contributed by atoms with E-state index in [9.17, 15) is 33.1 Å². The van der Waals surface area contributed by atoms with Crippen molar-refractivity contribution < 1.29 is 33.1 Å². The molecule has 0 saturated heterocycles. The highest BCUT2D eigenvalue weighted by Gasteiger charge is 2.69. The fraction of sp³-hybridized carbons (Fsp3) is 0.962. The first kappa shape index (κ1) is 27.3. The van der Waals surface area contributed by atoms with Crippen molar-refractivity contribution in [1.82, 2.24) is 5.32 Å². The highest BCUT2D eigenvalue weighted by atomic mass is 32.2. The van der Waals surface area contributed by atoms with E-state index < -0.39 is 33.0 Å². The molecule has 8 nitrogen and oxygen atoms in total. The van der Waals surface area contributed by atoms with E-state index >= 15 is 0 Å². The third-order valence-electron chi connectivity index (χ3n) is 11.1. The summed E-state index contributed by atoms with van der Waals surface area (Å²) in [7, 11) is -4.35. The standard InChI is InChI=1S/C26H45NO7S/c1-16(4-7-23(30)27-12-13-35(32,33)34)19-5-6-20-25(19,3)22(29)15-21-24(2)10-9-18(28)14-17(24)8-11-26(20,21)31/h16-22,28-29,31H,4-15H2,1-3H3,(H,27,30)(H,32,33,34)/p-1/t16-,17-,18+,19+,20+,21-,22-,24-,25+,26-/m0/s1. The maximum atomic E-state index is 12.3. The van der Waals surface area contributed by atoms with E-state index in [1.807, 2.05) is 0 Å². The van der Waals surface area contributed by atoms with Gasteiger partial charge in [-0.1, -0.05) is 20.8 Å². The number of aliphatic hydroxyl groups is 3. The van der Waals surface area contributed by atoms with Gasteiger partial charge in [-0.05, 0) is 92.8 Å². The SMILES string of the molecule is C[C@@H](CCC(=O)NCCS(=O)(=O)[O-])[C@H]1CC[C@H]2[C@@]3(O)CC[C@H]4C[C@H](O)CC[C@]4(C)[C@@H]3C[C@H](O)[C@]12C. The zero-order chi connectivity index (χ0) is 25.8. The Hall–Kier alpha value is -0.740. The summed E-state index contributed by atoms with van der Waals surface area (Å²) in [4.78, 5) is 12.2. The summed E-state index contributed by atoms with van der Waals surface area (Å²) in [5.74, 6) is -0.107. The number of fused-ring (bicyclic) bond motifs is 5. The third kappa shape index (κ3) is 4.80. The van der Waals surface area contributed by atoms with E-state index in [0.29, 0.717) is 18.8 Å². The molecule has 0 aromatic carbocycles. The van der Waals surface area contributed by atoms with Crippen molar-refractivity contribution in [2.45, 2.75) is 103 Å². The topological polar surface area (TPSA) is 147 Å². The molecule has 0 heterocycles. The Balaban J connectivity index is 1.44. The van der Waals surface area contributed by atoms with Gasteiger partial charge in [-0.25, -0.2) is 8.42 Å². The number of hydrogen-bond donors (Lipinski definition) is 4. The van der Waals surface area contributed by atoms with Gasteiger partial charge in [0.15, 0.2) is 0 Å². The average Bonchev–Trinajstić information content (AvgIpc) is 3.14. The molecule has 202 valence electrons. The van der Waals surface area contributed by atoms with Gasteiger partial charge in [-0.15, -0.1) is 0 Å². The second-order valence-corrected chi connectivity index (χ2v) is 14.2. The van der Waals surface area contributed by atoms with Gasteiger partial charge in [0, 0.05) is 18.4 Å². The summed E-state index contributed by atoms with van der Waals surface area (Å²) in [6.45, 7) is 6.35. The fourth-order valence-electron chi connectivity index (χ4n) is 9.18. The molecule has 4 aliphatic carbocycles. The van der Waals surface area contributed by atoms with Crippen LogP contribution >= 0.6 is 0 Å². The Morgan fingerprint density at radius 1 is 1.09 bits per heavy atom. The minimum absolute atomic E-state index is 0.0110. The molecule has 4 fully saturated rings. The van der Waals surface area contributed by atoms with E-state index in [4.69, 9.17) is 0 Å². The molecule has 9 heteroatoms. The van der Waals surface area contributed by atoms with Crippen molar-refractivity contribution in [2.24, 2.45) is 40.4 Å². The first-order valence-corrected chi connectivity index (χ1v) is 15.1. The van der Waals surface area contributed by atoms with Gasteiger partial charge in [-0.2, -0.15) is 0 Å². The Labute approximate surface area is 210 Å². The van der Waals surface area contributed by atoms with Gasteiger partial charge in [0.25, 0.3) is 0 Å². The fourth-order valence-corrected chi connectivity index (χ4v) is 9.53. The molecule has 4 aliphatic rings. The molecule has 0 aromatic rings. The number of hydrogen-bond acceptors (Lipinski definition) is 7. The number of carbonyl (C=O) groups is 1. The summed E-state index contributed by atoms with van der Waals surface area (Å²) in [5, 5.41) is 36.7. The van der Waals surface area contributed by atoms with E-state index in [2.05, 4.69) is 26.1 Å². The molecular weight excluding hydrogens is 470 g/mol. The van der Waals surface area contributed by atoms with Gasteiger partial charge >= 0.3 is 0 Å². The quantitative estimate of drug-likeness (QED) is 0.381. The van der Waals surface area contributed by atoms with Crippen molar-refractivity contribution in [2.75, 3.05) is 12.3 Å². The molecule has 4 rings (SSSR count).